The van der Waals surface area contributed by atoms with Crippen LogP contribution in [0.3, 0.4) is 0 Å². The van der Waals surface area contributed by atoms with Crippen LogP contribution in [0.25, 0.3) is 0 Å². The van der Waals surface area contributed by atoms with Crippen LogP contribution in [0.4, 0.5) is 0 Å². The molecule has 1 aliphatic heterocycles. The van der Waals surface area contributed by atoms with Gasteiger partial charge in [-0.2, -0.15) is 0 Å². The molecule has 3 atom stereocenters. The van der Waals surface area contributed by atoms with Crippen LogP contribution in [0.1, 0.15) is 49.7 Å². The fraction of sp³-hybridized carbons (Fsp3) is 0.414. The summed E-state index contributed by atoms with van der Waals surface area (Å²) in [4.78, 5) is 31.9. The molecule has 0 spiro atoms. The first kappa shape index (κ1) is 25.6. The molecule has 0 amide bonds. The van der Waals surface area contributed by atoms with Gasteiger partial charge in [-0.25, -0.2) is 0 Å². The van der Waals surface area contributed by atoms with E-state index < -0.39 is 17.8 Å². The molecule has 0 fully saturated rings. The van der Waals surface area contributed by atoms with Gasteiger partial charge in [0.15, 0.2) is 5.78 Å². The first-order valence-electron chi connectivity index (χ1n) is 12.3. The van der Waals surface area contributed by atoms with Gasteiger partial charge in [0.25, 0.3) is 0 Å². The van der Waals surface area contributed by atoms with Gasteiger partial charge in [0.1, 0.15) is 24.0 Å². The van der Waals surface area contributed by atoms with Gasteiger partial charge in [-0.3, -0.25) is 14.6 Å². The molecule has 36 heavy (non-hydrogen) atoms. The van der Waals surface area contributed by atoms with Crippen molar-refractivity contribution in [2.45, 2.75) is 38.5 Å². The van der Waals surface area contributed by atoms with Gasteiger partial charge in [0.05, 0.1) is 20.8 Å². The van der Waals surface area contributed by atoms with Crippen molar-refractivity contribution in [3.05, 3.63) is 70.9 Å². The number of nitrogens with zero attached hydrogens (tertiary/aromatic N) is 1. The van der Waals surface area contributed by atoms with Crippen LogP contribution in [0.2, 0.25) is 0 Å². The number of hydrogen-bond acceptors (Lipinski definition) is 7. The Morgan fingerprint density at radius 1 is 1.03 bits per heavy atom. The van der Waals surface area contributed by atoms with Crippen molar-refractivity contribution < 1.29 is 28.5 Å². The van der Waals surface area contributed by atoms with Gasteiger partial charge in [-0.1, -0.05) is 36.4 Å². The predicted molar refractivity (Wildman–Crippen MR) is 137 cm³/mol. The normalized spacial score (nSPS) is 21.5. The molecule has 0 aromatic heterocycles. The van der Waals surface area contributed by atoms with E-state index in [1.165, 1.54) is 0 Å². The Bertz CT molecular complexity index is 1170. The third kappa shape index (κ3) is 5.21. The van der Waals surface area contributed by atoms with E-state index in [4.69, 9.17) is 23.9 Å². The number of rotatable bonds is 9. The van der Waals surface area contributed by atoms with E-state index in [0.29, 0.717) is 48.8 Å². The van der Waals surface area contributed by atoms with E-state index in [-0.39, 0.29) is 18.3 Å². The van der Waals surface area contributed by atoms with Crippen LogP contribution in [0.5, 0.6) is 11.5 Å². The lowest BCUT2D eigenvalue weighted by Gasteiger charge is -2.37. The fourth-order valence-corrected chi connectivity index (χ4v) is 5.17. The molecule has 190 valence electrons. The minimum atomic E-state index is -0.745. The molecular weight excluding hydrogens is 458 g/mol. The molecule has 0 N–H and O–H groups in total. The number of benzene rings is 2. The third-order valence-electron chi connectivity index (χ3n) is 6.87. The van der Waals surface area contributed by atoms with Gasteiger partial charge < -0.3 is 18.9 Å². The van der Waals surface area contributed by atoms with Crippen molar-refractivity contribution in [2.24, 2.45) is 10.9 Å². The van der Waals surface area contributed by atoms with Crippen molar-refractivity contribution in [3.63, 3.8) is 0 Å². The molecule has 1 unspecified atom stereocenters. The largest absolute Gasteiger partial charge is 0.497 e. The van der Waals surface area contributed by atoms with Crippen molar-refractivity contribution in [1.29, 1.82) is 0 Å². The molecule has 0 saturated heterocycles. The number of methoxy groups -OCH3 is 2. The molecule has 7 heteroatoms. The summed E-state index contributed by atoms with van der Waals surface area (Å²) in [6.45, 7) is 4.71. The average molecular weight is 492 g/mol. The van der Waals surface area contributed by atoms with E-state index in [2.05, 4.69) is 0 Å². The predicted octanol–water partition coefficient (Wildman–Crippen LogP) is 4.86. The molecule has 1 aliphatic carbocycles. The molecule has 1 heterocycles. The lowest BCUT2D eigenvalue weighted by Crippen LogP contribution is -2.38. The summed E-state index contributed by atoms with van der Waals surface area (Å²) in [7, 11) is 3.15. The zero-order valence-electron chi connectivity index (χ0n) is 21.3. The maximum atomic E-state index is 13.7. The molecule has 4 rings (SSSR count). The summed E-state index contributed by atoms with van der Waals surface area (Å²) < 4.78 is 22.0. The highest BCUT2D eigenvalue weighted by atomic mass is 16.6. The highest BCUT2D eigenvalue weighted by Crippen LogP contribution is 2.49. The van der Waals surface area contributed by atoms with Crippen LogP contribution in [0.15, 0.2) is 64.8 Å². The molecule has 2 aliphatic rings. The molecule has 7 nitrogen and oxygen atoms in total. The highest BCUT2D eigenvalue weighted by molar-refractivity contribution is 6.09. The number of hydrogen-bond donors (Lipinski definition) is 0. The van der Waals surface area contributed by atoms with E-state index >= 15 is 0 Å². The van der Waals surface area contributed by atoms with E-state index in [9.17, 15) is 9.59 Å². The Morgan fingerprint density at radius 3 is 2.50 bits per heavy atom. The number of ether oxygens (including phenoxy) is 4. The van der Waals surface area contributed by atoms with Crippen LogP contribution in [-0.4, -0.2) is 51.5 Å². The van der Waals surface area contributed by atoms with Crippen LogP contribution < -0.4 is 9.47 Å². The number of ketones is 1. The second-order valence-corrected chi connectivity index (χ2v) is 8.98. The maximum absolute atomic E-state index is 13.7. The standard InChI is InChI=1S/C29H33NO6/c1-5-35-13-14-36-29(32)26-18(2)30-23-15-20(19-9-7-6-8-10-19)16-24(31)28(23)27(26)22-12-11-21(33-3)17-25(22)34-4/h6-12,17,20,26-27H,5,13-16H2,1-4H3/t20-,26?,27-/m0/s1. The number of Topliss-reactive ketones (excluding diaryl/α,β-unsaturated/α-hetero) is 1. The topological polar surface area (TPSA) is 83.4 Å². The van der Waals surface area contributed by atoms with Gasteiger partial charge in [0.2, 0.25) is 0 Å². The van der Waals surface area contributed by atoms with E-state index in [1.54, 1.807) is 20.3 Å². The molecule has 0 saturated carbocycles. The minimum Gasteiger partial charge on any atom is -0.497 e. The van der Waals surface area contributed by atoms with Gasteiger partial charge >= 0.3 is 5.97 Å². The van der Waals surface area contributed by atoms with Crippen LogP contribution in [0, 0.1) is 5.92 Å². The SMILES string of the molecule is CCOCCOC(=O)C1C(C)=NC2=C(C(=O)C[C@@H](c3ccccc3)C2)[C@H]1c1ccc(OC)cc1OC. The van der Waals surface area contributed by atoms with Crippen LogP contribution >= 0.6 is 0 Å². The van der Waals surface area contributed by atoms with Crippen molar-refractivity contribution in [1.82, 2.24) is 0 Å². The lowest BCUT2D eigenvalue weighted by molar-refractivity contribution is -0.148. The summed E-state index contributed by atoms with van der Waals surface area (Å²) in [5, 5.41) is 0. The Balaban J connectivity index is 1.77. The molecule has 2 aromatic rings. The number of esters is 1. The minimum absolute atomic E-state index is 0.00339. The summed E-state index contributed by atoms with van der Waals surface area (Å²) in [5.74, 6) is -0.527. The zero-order valence-corrected chi connectivity index (χ0v) is 21.3. The Labute approximate surface area is 212 Å². The number of allylic oxidation sites excluding steroid dienone is 2. The zero-order chi connectivity index (χ0) is 25.7. The lowest BCUT2D eigenvalue weighted by atomic mass is 9.69. The number of aliphatic imine (C=N–C) groups is 1. The third-order valence-corrected chi connectivity index (χ3v) is 6.87. The maximum Gasteiger partial charge on any atom is 0.315 e. The van der Waals surface area contributed by atoms with Gasteiger partial charge in [-0.15, -0.1) is 0 Å². The molecule has 2 aromatic carbocycles. The summed E-state index contributed by atoms with van der Waals surface area (Å²) in [5.41, 5.74) is 3.78. The first-order valence-corrected chi connectivity index (χ1v) is 12.3. The number of carbonyl (C=O) groups is 2. The number of carbonyl (C=O) groups excluding carboxylic acids is 2. The summed E-state index contributed by atoms with van der Waals surface area (Å²) in [6.07, 6.45) is 0.988. The van der Waals surface area contributed by atoms with E-state index in [0.717, 1.165) is 16.8 Å². The van der Waals surface area contributed by atoms with E-state index in [1.807, 2.05) is 56.3 Å². The van der Waals surface area contributed by atoms with Gasteiger partial charge in [-0.05, 0) is 37.8 Å². The molecule has 0 bridgehead atoms. The fourth-order valence-electron chi connectivity index (χ4n) is 5.17. The molecule has 0 radical (unpaired) electrons. The molecular formula is C29H33NO6. The van der Waals surface area contributed by atoms with Crippen molar-refractivity contribution in [3.8, 4) is 11.5 Å². The van der Waals surface area contributed by atoms with Crippen molar-refractivity contribution >= 4 is 17.5 Å². The van der Waals surface area contributed by atoms with Crippen molar-refractivity contribution in [2.75, 3.05) is 34.0 Å². The quantitative estimate of drug-likeness (QED) is 0.368. The summed E-state index contributed by atoms with van der Waals surface area (Å²) >= 11 is 0. The second-order valence-electron chi connectivity index (χ2n) is 8.98. The first-order chi connectivity index (χ1) is 17.5. The average Bonchev–Trinajstić information content (AvgIpc) is 2.90. The second kappa shape index (κ2) is 11.5. The highest BCUT2D eigenvalue weighted by Gasteiger charge is 2.45. The Kier molecular flexibility index (Phi) is 8.21. The summed E-state index contributed by atoms with van der Waals surface area (Å²) in [6, 6.07) is 15.5. The Hall–Kier alpha value is -3.45. The van der Waals surface area contributed by atoms with Crippen LogP contribution in [-0.2, 0) is 19.1 Å². The monoisotopic (exact) mass is 491 g/mol. The van der Waals surface area contributed by atoms with Gasteiger partial charge in [0, 0.05) is 47.6 Å². The Morgan fingerprint density at radius 2 is 1.81 bits per heavy atom. The smallest absolute Gasteiger partial charge is 0.315 e.